The number of phenolic OH excluding ortho intramolecular Hbond substituents is 1. The number of hydrogen-bond acceptors (Lipinski definition) is 7. The van der Waals surface area contributed by atoms with Gasteiger partial charge in [-0.1, -0.05) is 18.2 Å². The summed E-state index contributed by atoms with van der Waals surface area (Å²) in [6.45, 7) is 1.54. The van der Waals surface area contributed by atoms with Gasteiger partial charge in [-0.15, -0.1) is 0 Å². The molecular formula is C16H15NO7S. The molecule has 0 aliphatic carbocycles. The van der Waals surface area contributed by atoms with Crippen molar-refractivity contribution in [1.29, 1.82) is 0 Å². The Balaban J connectivity index is 2.21. The largest absolute Gasteiger partial charge is 0.506 e. The fourth-order valence-corrected chi connectivity index (χ4v) is 2.74. The number of hydrogen-bond donors (Lipinski definition) is 2. The Labute approximate surface area is 144 Å². The minimum absolute atomic E-state index is 0.0106. The van der Waals surface area contributed by atoms with Crippen molar-refractivity contribution in [3.63, 3.8) is 0 Å². The predicted molar refractivity (Wildman–Crippen MR) is 87.6 cm³/mol. The van der Waals surface area contributed by atoms with Crippen LogP contribution in [-0.2, 0) is 24.4 Å². The van der Waals surface area contributed by atoms with Gasteiger partial charge in [0, 0.05) is 6.07 Å². The number of rotatable bonds is 5. The van der Waals surface area contributed by atoms with Crippen molar-refractivity contribution in [2.24, 2.45) is 0 Å². The van der Waals surface area contributed by atoms with Crippen molar-refractivity contribution in [2.75, 3.05) is 11.9 Å². The van der Waals surface area contributed by atoms with Crippen LogP contribution in [0.25, 0.3) is 0 Å². The molecule has 8 nitrogen and oxygen atoms in total. The molecule has 0 unspecified atom stereocenters. The van der Waals surface area contributed by atoms with Gasteiger partial charge in [0.1, 0.15) is 16.4 Å². The maximum Gasteiger partial charge on any atom is 0.397 e. The zero-order valence-electron chi connectivity index (χ0n) is 13.1. The molecule has 2 aromatic carbocycles. The van der Waals surface area contributed by atoms with Crippen molar-refractivity contribution in [2.45, 2.75) is 11.8 Å². The van der Waals surface area contributed by atoms with E-state index in [4.69, 9.17) is 4.18 Å². The summed E-state index contributed by atoms with van der Waals surface area (Å²) >= 11 is 0. The molecule has 9 heteroatoms. The van der Waals surface area contributed by atoms with E-state index in [1.807, 2.05) is 0 Å². The van der Waals surface area contributed by atoms with Crippen LogP contribution in [0, 0.1) is 0 Å². The maximum atomic E-state index is 12.2. The van der Waals surface area contributed by atoms with E-state index in [9.17, 15) is 23.1 Å². The fourth-order valence-electron chi connectivity index (χ4n) is 1.80. The summed E-state index contributed by atoms with van der Waals surface area (Å²) in [7, 11) is -4.08. The molecule has 132 valence electrons. The lowest BCUT2D eigenvalue weighted by Gasteiger charge is -2.10. The molecule has 0 saturated heterocycles. The molecule has 2 aromatic rings. The molecule has 0 radical (unpaired) electrons. The highest BCUT2D eigenvalue weighted by atomic mass is 32.2. The van der Waals surface area contributed by atoms with Crippen LogP contribution >= 0.6 is 0 Å². The van der Waals surface area contributed by atoms with Gasteiger partial charge in [-0.05, 0) is 31.2 Å². The Bertz CT molecular complexity index is 879. The topological polar surface area (TPSA) is 119 Å². The number of esters is 1. The highest BCUT2D eigenvalue weighted by molar-refractivity contribution is 7.87. The van der Waals surface area contributed by atoms with E-state index < -0.39 is 22.0 Å². The van der Waals surface area contributed by atoms with Crippen LogP contribution in [0.1, 0.15) is 6.92 Å². The second-order valence-electron chi connectivity index (χ2n) is 4.70. The van der Waals surface area contributed by atoms with Gasteiger partial charge in [0.05, 0.1) is 12.3 Å². The third-order valence-corrected chi connectivity index (χ3v) is 4.18. The summed E-state index contributed by atoms with van der Waals surface area (Å²) in [6, 6.07) is 10.9. The van der Waals surface area contributed by atoms with Gasteiger partial charge in [0.25, 0.3) is 0 Å². The van der Waals surface area contributed by atoms with E-state index in [2.05, 4.69) is 10.1 Å². The zero-order chi connectivity index (χ0) is 18.4. The summed E-state index contributed by atoms with van der Waals surface area (Å²) in [5.41, 5.74) is -0.196. The molecule has 2 N–H and O–H groups in total. The lowest BCUT2D eigenvalue weighted by Crippen LogP contribution is -2.25. The molecule has 0 spiro atoms. The quantitative estimate of drug-likeness (QED) is 0.358. The summed E-state index contributed by atoms with van der Waals surface area (Å²) in [4.78, 5) is 22.9. The molecule has 2 rings (SSSR count). The number of carbonyl (C=O) groups is 2. The van der Waals surface area contributed by atoms with Crippen LogP contribution < -0.4 is 9.50 Å². The lowest BCUT2D eigenvalue weighted by molar-refractivity contribution is -0.152. The summed E-state index contributed by atoms with van der Waals surface area (Å²) in [6.07, 6.45) is 0. The van der Waals surface area contributed by atoms with Gasteiger partial charge >= 0.3 is 22.0 Å². The molecule has 0 aromatic heterocycles. The Hall–Kier alpha value is -3.07. The first kappa shape index (κ1) is 18.3. The summed E-state index contributed by atoms with van der Waals surface area (Å²) in [5, 5.41) is 11.9. The maximum absolute atomic E-state index is 12.2. The van der Waals surface area contributed by atoms with E-state index in [-0.39, 0.29) is 28.7 Å². The first-order chi connectivity index (χ1) is 11.8. The lowest BCUT2D eigenvalue weighted by atomic mass is 10.2. The number of ether oxygens (including phenoxy) is 1. The third kappa shape index (κ3) is 4.70. The highest BCUT2D eigenvalue weighted by Gasteiger charge is 2.19. The van der Waals surface area contributed by atoms with Crippen LogP contribution in [0.4, 0.5) is 5.69 Å². The molecule has 0 aliphatic rings. The number of amides is 1. The Morgan fingerprint density at radius 1 is 1.12 bits per heavy atom. The van der Waals surface area contributed by atoms with Crippen LogP contribution in [0.3, 0.4) is 0 Å². The van der Waals surface area contributed by atoms with Gasteiger partial charge in [-0.2, -0.15) is 8.42 Å². The standard InChI is InChI=1S/C16H15NO7S/c1-2-23-16(20)15(19)17-13-10-11(8-9-14(13)18)24-25(21,22)12-6-4-3-5-7-12/h3-10,18H,2H2,1H3,(H,17,19). The summed E-state index contributed by atoms with van der Waals surface area (Å²) in [5.74, 6) is -2.77. The molecule has 0 saturated carbocycles. The van der Waals surface area contributed by atoms with Crippen LogP contribution in [0.2, 0.25) is 0 Å². The third-order valence-electron chi connectivity index (χ3n) is 2.91. The van der Waals surface area contributed by atoms with Crippen LogP contribution in [0.5, 0.6) is 11.5 Å². The number of anilines is 1. The second kappa shape index (κ2) is 7.67. The average molecular weight is 365 g/mol. The van der Waals surface area contributed by atoms with E-state index in [0.717, 1.165) is 12.1 Å². The van der Waals surface area contributed by atoms with Gasteiger partial charge in [0.15, 0.2) is 0 Å². The minimum atomic E-state index is -4.08. The van der Waals surface area contributed by atoms with Crippen LogP contribution in [-0.4, -0.2) is 32.0 Å². The van der Waals surface area contributed by atoms with Gasteiger partial charge in [-0.3, -0.25) is 4.79 Å². The monoisotopic (exact) mass is 365 g/mol. The zero-order valence-corrected chi connectivity index (χ0v) is 13.9. The number of phenols is 1. The van der Waals surface area contributed by atoms with E-state index in [0.29, 0.717) is 0 Å². The average Bonchev–Trinajstić information content (AvgIpc) is 2.58. The Morgan fingerprint density at radius 3 is 2.44 bits per heavy atom. The molecule has 0 bridgehead atoms. The number of benzene rings is 2. The first-order valence-corrected chi connectivity index (χ1v) is 8.55. The van der Waals surface area contributed by atoms with Crippen molar-refractivity contribution in [3.05, 3.63) is 48.5 Å². The SMILES string of the molecule is CCOC(=O)C(=O)Nc1cc(OS(=O)(=O)c2ccccc2)ccc1O. The number of aromatic hydroxyl groups is 1. The Kier molecular flexibility index (Phi) is 5.60. The first-order valence-electron chi connectivity index (χ1n) is 7.14. The highest BCUT2D eigenvalue weighted by Crippen LogP contribution is 2.29. The van der Waals surface area contributed by atoms with Gasteiger partial charge in [-0.25, -0.2) is 4.79 Å². The minimum Gasteiger partial charge on any atom is -0.506 e. The number of nitrogens with one attached hydrogen (secondary N) is 1. The van der Waals surface area contributed by atoms with Crippen molar-refractivity contribution in [3.8, 4) is 11.5 Å². The summed E-state index contributed by atoms with van der Waals surface area (Å²) < 4.78 is 33.8. The van der Waals surface area contributed by atoms with Gasteiger partial charge in [0.2, 0.25) is 0 Å². The van der Waals surface area contributed by atoms with Crippen molar-refractivity contribution >= 4 is 27.7 Å². The second-order valence-corrected chi connectivity index (χ2v) is 6.25. The van der Waals surface area contributed by atoms with Crippen molar-refractivity contribution in [1.82, 2.24) is 0 Å². The van der Waals surface area contributed by atoms with E-state index in [1.165, 1.54) is 37.3 Å². The Morgan fingerprint density at radius 2 is 1.80 bits per heavy atom. The normalized spacial score (nSPS) is 10.8. The fraction of sp³-hybridized carbons (Fsp3) is 0.125. The molecule has 0 heterocycles. The number of carbonyl (C=O) groups excluding carboxylic acids is 2. The molecule has 25 heavy (non-hydrogen) atoms. The molecule has 0 aliphatic heterocycles. The smallest absolute Gasteiger partial charge is 0.397 e. The predicted octanol–water partition coefficient (Wildman–Crippen LogP) is 1.66. The van der Waals surface area contributed by atoms with E-state index in [1.54, 1.807) is 6.07 Å². The van der Waals surface area contributed by atoms with E-state index >= 15 is 0 Å². The molecule has 0 atom stereocenters. The van der Waals surface area contributed by atoms with Crippen molar-refractivity contribution < 1.29 is 32.0 Å². The molecule has 0 fully saturated rings. The van der Waals surface area contributed by atoms with Crippen LogP contribution in [0.15, 0.2) is 53.4 Å². The molecular weight excluding hydrogens is 350 g/mol. The van der Waals surface area contributed by atoms with Gasteiger partial charge < -0.3 is 19.3 Å². The molecule has 1 amide bonds.